The van der Waals surface area contributed by atoms with Gasteiger partial charge in [0.2, 0.25) is 0 Å². The number of aromatic nitrogens is 2. The molecule has 0 fully saturated rings. The molecule has 0 N–H and O–H groups in total. The lowest BCUT2D eigenvalue weighted by Gasteiger charge is -2.01. The van der Waals surface area contributed by atoms with Crippen molar-refractivity contribution in [2.45, 2.75) is 32.6 Å². The third kappa shape index (κ3) is 2.21. The molecule has 0 aliphatic heterocycles. The van der Waals surface area contributed by atoms with Gasteiger partial charge in [-0.25, -0.2) is 4.57 Å². The quantitative estimate of drug-likeness (QED) is 0.566. The van der Waals surface area contributed by atoms with Crippen LogP contribution in [0.4, 0.5) is 0 Å². The monoisotopic (exact) mass is 215 g/mol. The van der Waals surface area contributed by atoms with Crippen LogP contribution < -0.4 is 4.57 Å². The zero-order chi connectivity index (χ0) is 11.4. The summed E-state index contributed by atoms with van der Waals surface area (Å²) in [5.74, 6) is 0. The first kappa shape index (κ1) is 11.1. The number of aryl methyl sites for hydroxylation is 2. The van der Waals surface area contributed by atoms with Crippen LogP contribution in [0.1, 0.15) is 31.9 Å². The van der Waals surface area contributed by atoms with Crippen LogP contribution >= 0.6 is 0 Å². The predicted molar refractivity (Wildman–Crippen MR) is 66.1 cm³/mol. The van der Waals surface area contributed by atoms with Crippen LogP contribution in [0.15, 0.2) is 30.6 Å². The fourth-order valence-corrected chi connectivity index (χ4v) is 2.05. The van der Waals surface area contributed by atoms with Gasteiger partial charge in [-0.1, -0.05) is 36.9 Å². The topological polar surface area (TPSA) is 16.8 Å². The minimum absolute atomic E-state index is 1.09. The molecule has 0 saturated carbocycles. The maximum Gasteiger partial charge on any atom is 0.286 e. The highest BCUT2D eigenvalue weighted by Gasteiger charge is 2.10. The van der Waals surface area contributed by atoms with Crippen LogP contribution in [0.25, 0.3) is 10.9 Å². The Bertz CT molecular complexity index is 477. The van der Waals surface area contributed by atoms with Gasteiger partial charge in [-0.05, 0) is 18.6 Å². The van der Waals surface area contributed by atoms with Gasteiger partial charge in [0, 0.05) is 6.42 Å². The second-order valence-corrected chi connectivity index (χ2v) is 4.28. The average Bonchev–Trinajstić information content (AvgIpc) is 2.33. The Morgan fingerprint density at radius 1 is 1.19 bits per heavy atom. The normalized spacial score (nSPS) is 10.9. The van der Waals surface area contributed by atoms with Crippen molar-refractivity contribution in [2.75, 3.05) is 0 Å². The summed E-state index contributed by atoms with van der Waals surface area (Å²) in [7, 11) is 2.05. The molecule has 0 radical (unpaired) electrons. The number of para-hydroxylation sites is 1. The maximum absolute atomic E-state index is 4.54. The molecule has 0 saturated heterocycles. The largest absolute Gasteiger partial charge is 0.286 e. The number of hydrogen-bond donors (Lipinski definition) is 0. The molecule has 0 spiro atoms. The summed E-state index contributed by atoms with van der Waals surface area (Å²) in [5.41, 5.74) is 2.51. The summed E-state index contributed by atoms with van der Waals surface area (Å²) < 4.78 is 2.08. The Morgan fingerprint density at radius 3 is 2.81 bits per heavy atom. The lowest BCUT2D eigenvalue weighted by atomic mass is 10.1. The van der Waals surface area contributed by atoms with Crippen molar-refractivity contribution in [2.24, 2.45) is 7.05 Å². The van der Waals surface area contributed by atoms with E-state index < -0.39 is 0 Å². The molecular formula is C14H19N2+. The van der Waals surface area contributed by atoms with Gasteiger partial charge in [0.05, 0.1) is 12.4 Å². The van der Waals surface area contributed by atoms with Crippen molar-refractivity contribution in [1.29, 1.82) is 0 Å². The highest BCUT2D eigenvalue weighted by Crippen LogP contribution is 2.15. The van der Waals surface area contributed by atoms with E-state index in [0.717, 1.165) is 6.42 Å². The SMILES string of the molecule is CCCCCc1nc[n+](C)c2ccccc12. The number of nitrogens with zero attached hydrogens (tertiary/aromatic N) is 2. The van der Waals surface area contributed by atoms with Gasteiger partial charge >= 0.3 is 0 Å². The predicted octanol–water partition coefficient (Wildman–Crippen LogP) is 2.79. The molecule has 2 nitrogen and oxygen atoms in total. The Labute approximate surface area is 97.0 Å². The zero-order valence-electron chi connectivity index (χ0n) is 10.1. The fourth-order valence-electron chi connectivity index (χ4n) is 2.05. The van der Waals surface area contributed by atoms with Gasteiger partial charge in [-0.3, -0.25) is 0 Å². The molecule has 0 atom stereocenters. The van der Waals surface area contributed by atoms with E-state index in [1.807, 2.05) is 13.4 Å². The van der Waals surface area contributed by atoms with Gasteiger partial charge in [0.1, 0.15) is 5.52 Å². The van der Waals surface area contributed by atoms with Crippen LogP contribution in [-0.2, 0) is 13.5 Å². The lowest BCUT2D eigenvalue weighted by molar-refractivity contribution is -0.648. The van der Waals surface area contributed by atoms with E-state index in [9.17, 15) is 0 Å². The highest BCUT2D eigenvalue weighted by atomic mass is 15.0. The van der Waals surface area contributed by atoms with Crippen LogP contribution in [0.3, 0.4) is 0 Å². The molecule has 1 aromatic heterocycles. The number of fused-ring (bicyclic) bond motifs is 1. The molecule has 84 valence electrons. The number of benzene rings is 1. The van der Waals surface area contributed by atoms with Crippen LogP contribution in [0.2, 0.25) is 0 Å². The van der Waals surface area contributed by atoms with Gasteiger partial charge in [-0.2, -0.15) is 0 Å². The van der Waals surface area contributed by atoms with Crippen molar-refractivity contribution in [3.63, 3.8) is 0 Å². The maximum atomic E-state index is 4.54. The molecule has 0 aliphatic carbocycles. The summed E-state index contributed by atoms with van der Waals surface area (Å²) >= 11 is 0. The molecule has 2 heteroatoms. The minimum Gasteiger partial charge on any atom is -0.233 e. The summed E-state index contributed by atoms with van der Waals surface area (Å²) in [6, 6.07) is 8.50. The van der Waals surface area contributed by atoms with Crippen LogP contribution in [0.5, 0.6) is 0 Å². The van der Waals surface area contributed by atoms with Crippen molar-refractivity contribution in [3.8, 4) is 0 Å². The lowest BCUT2D eigenvalue weighted by Crippen LogP contribution is -2.29. The first-order valence-corrected chi connectivity index (χ1v) is 6.05. The molecular weight excluding hydrogens is 196 g/mol. The molecule has 0 bridgehead atoms. The van der Waals surface area contributed by atoms with Crippen LogP contribution in [-0.4, -0.2) is 4.98 Å². The molecule has 16 heavy (non-hydrogen) atoms. The van der Waals surface area contributed by atoms with Crippen molar-refractivity contribution in [1.82, 2.24) is 4.98 Å². The number of hydrogen-bond acceptors (Lipinski definition) is 1. The third-order valence-electron chi connectivity index (χ3n) is 3.00. The summed E-state index contributed by atoms with van der Waals surface area (Å²) in [6.45, 7) is 2.23. The zero-order valence-corrected chi connectivity index (χ0v) is 10.1. The minimum atomic E-state index is 1.09. The average molecular weight is 215 g/mol. The molecule has 1 aromatic carbocycles. The fraction of sp³-hybridized carbons (Fsp3) is 0.429. The van der Waals surface area contributed by atoms with E-state index in [2.05, 4.69) is 40.7 Å². The molecule has 0 amide bonds. The highest BCUT2D eigenvalue weighted by molar-refractivity contribution is 5.77. The van der Waals surface area contributed by atoms with Gasteiger partial charge < -0.3 is 0 Å². The van der Waals surface area contributed by atoms with Gasteiger partial charge in [0.25, 0.3) is 6.33 Å². The number of unbranched alkanes of at least 4 members (excludes halogenated alkanes) is 2. The van der Waals surface area contributed by atoms with E-state index >= 15 is 0 Å². The first-order valence-electron chi connectivity index (χ1n) is 6.05. The standard InChI is InChI=1S/C14H19N2/c1-3-4-5-9-13-12-8-6-7-10-14(12)16(2)11-15-13/h6-8,10-11H,3-5,9H2,1-2H3/q+1. The number of rotatable bonds is 4. The molecule has 0 unspecified atom stereocenters. The summed E-state index contributed by atoms with van der Waals surface area (Å²) in [4.78, 5) is 4.54. The van der Waals surface area contributed by atoms with Gasteiger partial charge in [0.15, 0.2) is 5.69 Å². The Balaban J connectivity index is 2.35. The van der Waals surface area contributed by atoms with Crippen molar-refractivity contribution >= 4 is 10.9 Å². The van der Waals surface area contributed by atoms with Crippen LogP contribution in [0, 0.1) is 0 Å². The molecule has 0 aliphatic rings. The van der Waals surface area contributed by atoms with Crippen molar-refractivity contribution < 1.29 is 4.57 Å². The van der Waals surface area contributed by atoms with E-state index in [1.165, 1.54) is 35.9 Å². The second-order valence-electron chi connectivity index (χ2n) is 4.28. The molecule has 2 aromatic rings. The van der Waals surface area contributed by atoms with E-state index in [1.54, 1.807) is 0 Å². The summed E-state index contributed by atoms with van der Waals surface area (Å²) in [5, 5.41) is 1.30. The van der Waals surface area contributed by atoms with E-state index in [-0.39, 0.29) is 0 Å². The Hall–Kier alpha value is -1.44. The van der Waals surface area contributed by atoms with Crippen molar-refractivity contribution in [3.05, 3.63) is 36.3 Å². The Kier molecular flexibility index (Phi) is 3.50. The third-order valence-corrected chi connectivity index (χ3v) is 3.00. The van der Waals surface area contributed by atoms with E-state index in [0.29, 0.717) is 0 Å². The molecule has 2 rings (SSSR count). The smallest absolute Gasteiger partial charge is 0.233 e. The van der Waals surface area contributed by atoms with E-state index in [4.69, 9.17) is 0 Å². The first-order chi connectivity index (χ1) is 7.83. The second kappa shape index (κ2) is 5.06. The summed E-state index contributed by atoms with van der Waals surface area (Å²) in [6.07, 6.45) is 6.80. The Morgan fingerprint density at radius 2 is 2.00 bits per heavy atom. The van der Waals surface area contributed by atoms with Gasteiger partial charge in [-0.15, -0.1) is 0 Å². The molecule has 1 heterocycles.